The Labute approximate surface area is 224 Å². The molecule has 38 heavy (non-hydrogen) atoms. The fourth-order valence-electron chi connectivity index (χ4n) is 4.30. The summed E-state index contributed by atoms with van der Waals surface area (Å²) in [6, 6.07) is 16.5. The Morgan fingerprint density at radius 2 is 1.79 bits per heavy atom. The molecule has 0 radical (unpaired) electrons. The van der Waals surface area contributed by atoms with E-state index in [1.54, 1.807) is 67.6 Å². The van der Waals surface area contributed by atoms with Crippen LogP contribution in [0.25, 0.3) is 16.6 Å². The predicted octanol–water partition coefficient (Wildman–Crippen LogP) is 5.68. The van der Waals surface area contributed by atoms with E-state index in [0.717, 1.165) is 12.8 Å². The van der Waals surface area contributed by atoms with E-state index in [2.05, 4.69) is 0 Å². The van der Waals surface area contributed by atoms with Crippen LogP contribution in [0.2, 0.25) is 5.02 Å². The third-order valence-electron chi connectivity index (χ3n) is 6.22. The number of methoxy groups -OCH3 is 1. The SMILES string of the molecule is CCCCc1nc2ccc(C)c(C(=O)OC)c2c(=O)n1-c1ccc(OC(C(=O)O)c2ccccc2Cl)cc1. The maximum Gasteiger partial charge on any atom is 0.349 e. The van der Waals surface area contributed by atoms with E-state index >= 15 is 0 Å². The number of benzene rings is 3. The summed E-state index contributed by atoms with van der Waals surface area (Å²) in [5.74, 6) is -0.964. The van der Waals surface area contributed by atoms with Crippen LogP contribution in [-0.2, 0) is 16.0 Å². The van der Waals surface area contributed by atoms with Gasteiger partial charge in [0.15, 0.2) is 0 Å². The molecule has 196 valence electrons. The Balaban J connectivity index is 1.81. The molecular formula is C29H27ClN2O6. The average Bonchev–Trinajstić information content (AvgIpc) is 2.91. The van der Waals surface area contributed by atoms with Gasteiger partial charge in [-0.1, -0.05) is 49.2 Å². The van der Waals surface area contributed by atoms with Crippen molar-refractivity contribution < 1.29 is 24.2 Å². The number of aryl methyl sites for hydroxylation is 2. The van der Waals surface area contributed by atoms with Gasteiger partial charge in [-0.3, -0.25) is 9.36 Å². The van der Waals surface area contributed by atoms with Crippen molar-refractivity contribution in [3.63, 3.8) is 0 Å². The quantitative estimate of drug-likeness (QED) is 0.275. The minimum atomic E-state index is -1.31. The third-order valence-corrected chi connectivity index (χ3v) is 6.56. The molecule has 0 saturated heterocycles. The van der Waals surface area contributed by atoms with E-state index in [4.69, 9.17) is 26.1 Å². The molecule has 1 unspecified atom stereocenters. The summed E-state index contributed by atoms with van der Waals surface area (Å²) in [4.78, 5) is 43.1. The third kappa shape index (κ3) is 5.26. The number of carboxylic acids is 1. The number of aliphatic carboxylic acids is 1. The lowest BCUT2D eigenvalue weighted by Crippen LogP contribution is -2.26. The van der Waals surface area contributed by atoms with Crippen LogP contribution in [0.1, 0.15) is 53.2 Å². The highest BCUT2D eigenvalue weighted by molar-refractivity contribution is 6.31. The van der Waals surface area contributed by atoms with Crippen molar-refractivity contribution in [1.82, 2.24) is 9.55 Å². The van der Waals surface area contributed by atoms with Crippen molar-refractivity contribution in [2.24, 2.45) is 0 Å². The van der Waals surface area contributed by atoms with Crippen molar-refractivity contribution in [3.05, 3.63) is 98.6 Å². The van der Waals surface area contributed by atoms with Crippen molar-refractivity contribution in [3.8, 4) is 11.4 Å². The van der Waals surface area contributed by atoms with Gasteiger partial charge in [0.2, 0.25) is 6.10 Å². The number of ether oxygens (including phenoxy) is 2. The van der Waals surface area contributed by atoms with Gasteiger partial charge in [0.05, 0.1) is 29.3 Å². The van der Waals surface area contributed by atoms with E-state index in [1.165, 1.54) is 11.7 Å². The van der Waals surface area contributed by atoms with Gasteiger partial charge in [-0.15, -0.1) is 0 Å². The maximum atomic E-state index is 13.9. The van der Waals surface area contributed by atoms with E-state index in [0.29, 0.717) is 34.6 Å². The number of hydrogen-bond acceptors (Lipinski definition) is 6. The molecule has 1 heterocycles. The molecule has 9 heteroatoms. The molecule has 0 aliphatic heterocycles. The summed E-state index contributed by atoms with van der Waals surface area (Å²) < 4.78 is 12.2. The summed E-state index contributed by atoms with van der Waals surface area (Å²) in [5.41, 5.74) is 1.66. The number of carbonyl (C=O) groups excluding carboxylic acids is 1. The molecule has 0 fully saturated rings. The molecule has 4 rings (SSSR count). The first kappa shape index (κ1) is 26.9. The number of hydrogen-bond donors (Lipinski definition) is 1. The molecule has 0 saturated carbocycles. The molecule has 1 aromatic heterocycles. The topological polar surface area (TPSA) is 108 Å². The Bertz CT molecular complexity index is 1560. The molecule has 0 bridgehead atoms. The summed E-state index contributed by atoms with van der Waals surface area (Å²) >= 11 is 6.19. The van der Waals surface area contributed by atoms with Crippen LogP contribution >= 0.6 is 11.6 Å². The van der Waals surface area contributed by atoms with E-state index in [1.807, 2.05) is 6.92 Å². The van der Waals surface area contributed by atoms with Crippen LogP contribution in [0.15, 0.2) is 65.5 Å². The highest BCUT2D eigenvalue weighted by Crippen LogP contribution is 2.29. The van der Waals surface area contributed by atoms with Gasteiger partial charge in [0.25, 0.3) is 5.56 Å². The number of carbonyl (C=O) groups is 2. The number of fused-ring (bicyclic) bond motifs is 1. The Morgan fingerprint density at radius 1 is 1.08 bits per heavy atom. The normalized spacial score (nSPS) is 11.8. The van der Waals surface area contributed by atoms with Crippen LogP contribution in [-0.4, -0.2) is 33.7 Å². The molecule has 0 aliphatic rings. The zero-order valence-corrected chi connectivity index (χ0v) is 22.0. The van der Waals surface area contributed by atoms with Crippen molar-refractivity contribution in [2.45, 2.75) is 39.2 Å². The lowest BCUT2D eigenvalue weighted by molar-refractivity contribution is -0.145. The largest absolute Gasteiger partial charge is 0.478 e. The first-order valence-corrected chi connectivity index (χ1v) is 12.5. The van der Waals surface area contributed by atoms with Gasteiger partial charge < -0.3 is 14.6 Å². The molecule has 0 amide bonds. The molecule has 1 atom stereocenters. The lowest BCUT2D eigenvalue weighted by Gasteiger charge is -2.18. The van der Waals surface area contributed by atoms with E-state index < -0.39 is 23.6 Å². The first-order valence-electron chi connectivity index (χ1n) is 12.1. The molecule has 8 nitrogen and oxygen atoms in total. The minimum absolute atomic E-state index is 0.182. The van der Waals surface area contributed by atoms with Crippen molar-refractivity contribution >= 4 is 34.4 Å². The molecule has 1 N–H and O–H groups in total. The Kier molecular flexibility index (Phi) is 8.12. The second kappa shape index (κ2) is 11.5. The van der Waals surface area contributed by atoms with Gasteiger partial charge in [0, 0.05) is 17.0 Å². The van der Waals surface area contributed by atoms with Gasteiger partial charge >= 0.3 is 11.9 Å². The minimum Gasteiger partial charge on any atom is -0.478 e. The Hall–Kier alpha value is -4.17. The molecular weight excluding hydrogens is 508 g/mol. The standard InChI is InChI=1S/C29H27ClN2O6/c1-4-5-10-23-31-22-16-11-17(2)24(29(36)37-3)25(22)27(33)32(23)18-12-14-19(15-13-18)38-26(28(34)35)20-8-6-7-9-21(20)30/h6-9,11-16,26H,4-5,10H2,1-3H3,(H,34,35). The lowest BCUT2D eigenvalue weighted by atomic mass is 10.0. The number of carboxylic acid groups (broad SMARTS) is 1. The van der Waals surface area contributed by atoms with Crippen molar-refractivity contribution in [2.75, 3.05) is 7.11 Å². The molecule has 0 aliphatic carbocycles. The van der Waals surface area contributed by atoms with E-state index in [-0.39, 0.29) is 21.7 Å². The number of rotatable bonds is 9. The fraction of sp³-hybridized carbons (Fsp3) is 0.241. The number of esters is 1. The number of aromatic nitrogens is 2. The monoisotopic (exact) mass is 534 g/mol. The van der Waals surface area contributed by atoms with Gasteiger partial charge in [0.1, 0.15) is 11.6 Å². The molecule has 4 aromatic rings. The van der Waals surface area contributed by atoms with Crippen LogP contribution < -0.4 is 10.3 Å². The zero-order chi connectivity index (χ0) is 27.4. The number of unbranched alkanes of at least 4 members (excludes halogenated alkanes) is 1. The summed E-state index contributed by atoms with van der Waals surface area (Å²) in [7, 11) is 1.27. The summed E-state index contributed by atoms with van der Waals surface area (Å²) in [6.07, 6.45) is 0.952. The van der Waals surface area contributed by atoms with Gasteiger partial charge in [-0.25, -0.2) is 14.6 Å². The predicted molar refractivity (Wildman–Crippen MR) is 144 cm³/mol. The van der Waals surface area contributed by atoms with Gasteiger partial charge in [-0.05, 0) is 55.3 Å². The molecule has 0 spiro atoms. The average molecular weight is 535 g/mol. The summed E-state index contributed by atoms with van der Waals surface area (Å²) in [5, 5.41) is 10.2. The van der Waals surface area contributed by atoms with Crippen LogP contribution in [0.4, 0.5) is 0 Å². The first-order chi connectivity index (χ1) is 18.3. The van der Waals surface area contributed by atoms with Crippen LogP contribution in [0.3, 0.4) is 0 Å². The second-order valence-electron chi connectivity index (χ2n) is 8.77. The highest BCUT2D eigenvalue weighted by atomic mass is 35.5. The maximum absolute atomic E-state index is 13.9. The smallest absolute Gasteiger partial charge is 0.349 e. The number of halogens is 1. The number of nitrogens with zero attached hydrogens (tertiary/aromatic N) is 2. The fourth-order valence-corrected chi connectivity index (χ4v) is 4.54. The van der Waals surface area contributed by atoms with Gasteiger partial charge in [-0.2, -0.15) is 0 Å². The summed E-state index contributed by atoms with van der Waals surface area (Å²) in [6.45, 7) is 3.79. The molecule has 3 aromatic carbocycles. The van der Waals surface area contributed by atoms with E-state index in [9.17, 15) is 19.5 Å². The van der Waals surface area contributed by atoms with Crippen LogP contribution in [0, 0.1) is 6.92 Å². The Morgan fingerprint density at radius 3 is 2.42 bits per heavy atom. The second-order valence-corrected chi connectivity index (χ2v) is 9.17. The zero-order valence-electron chi connectivity index (χ0n) is 21.2. The van der Waals surface area contributed by atoms with Crippen LogP contribution in [0.5, 0.6) is 5.75 Å². The van der Waals surface area contributed by atoms with Crippen molar-refractivity contribution in [1.29, 1.82) is 0 Å². The highest BCUT2D eigenvalue weighted by Gasteiger charge is 2.25.